The zero-order chi connectivity index (χ0) is 9.14. The molecular formula is C10H11KO2. The molecule has 1 aromatic rings. The van der Waals surface area contributed by atoms with Gasteiger partial charge in [0.15, 0.2) is 5.78 Å². The Morgan fingerprint density at radius 3 is 2.54 bits per heavy atom. The van der Waals surface area contributed by atoms with Gasteiger partial charge >= 0.3 is 51.4 Å². The number of Topliss-reactive ketones (excluding diaryl/α,β-unsaturated/α-hetero) is 1. The summed E-state index contributed by atoms with van der Waals surface area (Å²) >= 11 is 0. The third kappa shape index (κ3) is 3.18. The average Bonchev–Trinajstić information content (AvgIpc) is 2.04. The van der Waals surface area contributed by atoms with E-state index < -0.39 is 0 Å². The van der Waals surface area contributed by atoms with Gasteiger partial charge in [0, 0.05) is 5.56 Å². The van der Waals surface area contributed by atoms with Crippen molar-refractivity contribution in [1.29, 1.82) is 0 Å². The number of carbonyl (C=O) groups excluding carboxylic acids is 1. The number of ketones is 1. The van der Waals surface area contributed by atoms with Gasteiger partial charge in [-0.05, 0) is 13.3 Å². The molecule has 0 radical (unpaired) electrons. The van der Waals surface area contributed by atoms with Crippen LogP contribution in [0.15, 0.2) is 18.2 Å². The first kappa shape index (κ1) is 13.3. The van der Waals surface area contributed by atoms with Gasteiger partial charge in [0.2, 0.25) is 0 Å². The predicted octanol–water partition coefficient (Wildman–Crippen LogP) is -1.47. The van der Waals surface area contributed by atoms with Crippen molar-refractivity contribution in [3.8, 4) is 5.75 Å². The Kier molecular flexibility index (Phi) is 6.08. The van der Waals surface area contributed by atoms with Crippen molar-refractivity contribution < 1.29 is 61.3 Å². The van der Waals surface area contributed by atoms with Gasteiger partial charge in [0.25, 0.3) is 0 Å². The fourth-order valence-electron chi connectivity index (χ4n) is 1.14. The molecular weight excluding hydrogens is 191 g/mol. The Morgan fingerprint density at radius 1 is 1.46 bits per heavy atom. The molecule has 1 aromatic carbocycles. The maximum absolute atomic E-state index is 11.4. The minimum Gasteiger partial charge on any atom is -0.872 e. The van der Waals surface area contributed by atoms with Crippen LogP contribution in [-0.4, -0.2) is 5.78 Å². The first-order valence-electron chi connectivity index (χ1n) is 3.96. The molecule has 0 aromatic heterocycles. The first-order valence-corrected chi connectivity index (χ1v) is 3.96. The molecule has 0 heterocycles. The number of carbonyl (C=O) groups is 1. The number of benzene rings is 1. The fourth-order valence-corrected chi connectivity index (χ4v) is 1.14. The van der Waals surface area contributed by atoms with Crippen LogP contribution in [-0.2, 0) is 6.42 Å². The molecule has 0 aliphatic heterocycles. The van der Waals surface area contributed by atoms with Crippen LogP contribution in [0.2, 0.25) is 0 Å². The van der Waals surface area contributed by atoms with E-state index in [4.69, 9.17) is 0 Å². The van der Waals surface area contributed by atoms with Crippen LogP contribution in [0, 0.1) is 0 Å². The van der Waals surface area contributed by atoms with Crippen molar-refractivity contribution in [2.24, 2.45) is 0 Å². The van der Waals surface area contributed by atoms with E-state index in [0.29, 0.717) is 17.5 Å². The maximum Gasteiger partial charge on any atom is 1.00 e. The molecule has 0 fully saturated rings. The second-order valence-electron chi connectivity index (χ2n) is 2.70. The number of rotatable bonds is 2. The monoisotopic (exact) mass is 202 g/mol. The summed E-state index contributed by atoms with van der Waals surface area (Å²) in [5.41, 5.74) is 1.01. The van der Waals surface area contributed by atoms with Gasteiger partial charge in [0.1, 0.15) is 0 Å². The Hall–Kier alpha value is 0.326. The number of hydrogen-bond acceptors (Lipinski definition) is 2. The molecule has 0 amide bonds. The molecule has 0 aliphatic rings. The quantitative estimate of drug-likeness (QED) is 0.434. The Morgan fingerprint density at radius 2 is 2.08 bits per heavy atom. The molecule has 0 saturated heterocycles. The molecule has 1 rings (SSSR count). The van der Waals surface area contributed by atoms with E-state index in [9.17, 15) is 9.90 Å². The van der Waals surface area contributed by atoms with Gasteiger partial charge in [-0.15, -0.1) is 0 Å². The summed E-state index contributed by atoms with van der Waals surface area (Å²) in [5, 5.41) is 11.4. The number of aryl methyl sites for hydroxylation is 1. The zero-order valence-electron chi connectivity index (χ0n) is 8.26. The smallest absolute Gasteiger partial charge is 0.872 e. The number of para-hydroxylation sites is 1. The second kappa shape index (κ2) is 5.93. The summed E-state index contributed by atoms with van der Waals surface area (Å²) in [6, 6.07) is 5.08. The van der Waals surface area contributed by atoms with Gasteiger partial charge < -0.3 is 5.11 Å². The largest absolute Gasteiger partial charge is 1.00 e. The van der Waals surface area contributed by atoms with Crippen LogP contribution >= 0.6 is 0 Å². The predicted molar refractivity (Wildman–Crippen MR) is 45.3 cm³/mol. The molecule has 0 atom stereocenters. The van der Waals surface area contributed by atoms with Crippen LogP contribution in [0.4, 0.5) is 0 Å². The van der Waals surface area contributed by atoms with Crippen molar-refractivity contribution in [3.05, 3.63) is 29.3 Å². The summed E-state index contributed by atoms with van der Waals surface area (Å²) in [5.74, 6) is -0.275. The van der Waals surface area contributed by atoms with E-state index in [1.54, 1.807) is 18.2 Å². The SMILES string of the molecule is CCc1cccc(C(C)=O)c1[O-].[K+]. The van der Waals surface area contributed by atoms with Crippen LogP contribution in [0.25, 0.3) is 0 Å². The molecule has 0 saturated carbocycles. The van der Waals surface area contributed by atoms with Gasteiger partial charge in [0.05, 0.1) is 0 Å². The van der Waals surface area contributed by atoms with Gasteiger partial charge in [-0.25, -0.2) is 0 Å². The van der Waals surface area contributed by atoms with E-state index in [-0.39, 0.29) is 62.9 Å². The van der Waals surface area contributed by atoms with Crippen molar-refractivity contribution in [2.75, 3.05) is 0 Å². The zero-order valence-corrected chi connectivity index (χ0v) is 11.4. The molecule has 0 unspecified atom stereocenters. The van der Waals surface area contributed by atoms with E-state index in [1.807, 2.05) is 6.92 Å². The summed E-state index contributed by atoms with van der Waals surface area (Å²) in [4.78, 5) is 10.9. The van der Waals surface area contributed by atoms with Crippen molar-refractivity contribution in [2.45, 2.75) is 20.3 Å². The Bertz CT molecular complexity index is 308. The topological polar surface area (TPSA) is 40.1 Å². The van der Waals surface area contributed by atoms with Crippen LogP contribution in [0.5, 0.6) is 5.75 Å². The molecule has 0 spiro atoms. The molecule has 3 heteroatoms. The summed E-state index contributed by atoms with van der Waals surface area (Å²) in [6.45, 7) is 3.32. The van der Waals surface area contributed by atoms with Crippen LogP contribution in [0.1, 0.15) is 29.8 Å². The molecule has 0 N–H and O–H groups in total. The minimum absolute atomic E-state index is 0. The Balaban J connectivity index is 0.00000144. The summed E-state index contributed by atoms with van der Waals surface area (Å²) in [7, 11) is 0. The van der Waals surface area contributed by atoms with Gasteiger partial charge in [-0.1, -0.05) is 36.4 Å². The third-order valence-corrected chi connectivity index (χ3v) is 1.86. The molecule has 2 nitrogen and oxygen atoms in total. The maximum atomic E-state index is 11.4. The molecule has 0 aliphatic carbocycles. The van der Waals surface area contributed by atoms with E-state index in [1.165, 1.54) is 6.92 Å². The minimum atomic E-state index is -0.157. The first-order chi connectivity index (χ1) is 5.66. The summed E-state index contributed by atoms with van der Waals surface area (Å²) < 4.78 is 0. The fraction of sp³-hybridized carbons (Fsp3) is 0.300. The van der Waals surface area contributed by atoms with E-state index in [2.05, 4.69) is 0 Å². The van der Waals surface area contributed by atoms with Crippen molar-refractivity contribution >= 4 is 5.78 Å². The van der Waals surface area contributed by atoms with Crippen LogP contribution < -0.4 is 56.5 Å². The van der Waals surface area contributed by atoms with Gasteiger partial charge in [-0.3, -0.25) is 4.79 Å². The summed E-state index contributed by atoms with van der Waals surface area (Å²) in [6.07, 6.45) is 0.681. The molecule has 64 valence electrons. The Labute approximate surface area is 121 Å². The normalized spacial score (nSPS) is 9.08. The van der Waals surface area contributed by atoms with Crippen LogP contribution in [0.3, 0.4) is 0 Å². The van der Waals surface area contributed by atoms with Crippen molar-refractivity contribution in [1.82, 2.24) is 0 Å². The van der Waals surface area contributed by atoms with E-state index in [0.717, 1.165) is 0 Å². The second-order valence-corrected chi connectivity index (χ2v) is 2.70. The number of hydrogen-bond donors (Lipinski definition) is 0. The van der Waals surface area contributed by atoms with Gasteiger partial charge in [-0.2, -0.15) is 0 Å². The van der Waals surface area contributed by atoms with Crippen molar-refractivity contribution in [3.63, 3.8) is 0 Å². The molecule has 0 bridgehead atoms. The average molecular weight is 202 g/mol. The standard InChI is InChI=1S/C10H12O2.K/c1-3-8-5-4-6-9(7(2)11)10(8)12;/h4-6,12H,3H2,1-2H3;/q;+1/p-1. The van der Waals surface area contributed by atoms with E-state index >= 15 is 0 Å². The third-order valence-electron chi connectivity index (χ3n) is 1.86. The molecule has 13 heavy (non-hydrogen) atoms.